The van der Waals surface area contributed by atoms with Crippen molar-refractivity contribution in [2.75, 3.05) is 5.73 Å². The molecule has 0 saturated heterocycles. The fourth-order valence-corrected chi connectivity index (χ4v) is 1.28. The van der Waals surface area contributed by atoms with Crippen LogP contribution in [-0.2, 0) is 11.4 Å². The zero-order chi connectivity index (χ0) is 10.0. The van der Waals surface area contributed by atoms with E-state index in [4.69, 9.17) is 17.3 Å². The molecule has 1 unspecified atom stereocenters. The van der Waals surface area contributed by atoms with E-state index in [1.165, 1.54) is 6.07 Å². The van der Waals surface area contributed by atoms with E-state index in [-0.39, 0.29) is 11.4 Å². The molecule has 1 aromatic rings. The number of benzene rings is 1. The third kappa shape index (κ3) is 2.58. The largest absolute Gasteiger partial charge is 0.740 e. The molecule has 0 amide bonds. The van der Waals surface area contributed by atoms with Crippen molar-refractivity contribution in [3.8, 4) is 5.75 Å². The van der Waals surface area contributed by atoms with Gasteiger partial charge >= 0.3 is 0 Å². The maximum absolute atomic E-state index is 10.2. The van der Waals surface area contributed by atoms with Crippen LogP contribution in [0.5, 0.6) is 5.75 Å². The summed E-state index contributed by atoms with van der Waals surface area (Å²) in [6.07, 6.45) is 0. The summed E-state index contributed by atoms with van der Waals surface area (Å²) in [4.78, 5) is 0. The fourth-order valence-electron chi connectivity index (χ4n) is 0.831. The van der Waals surface area contributed by atoms with E-state index < -0.39 is 11.4 Å². The summed E-state index contributed by atoms with van der Waals surface area (Å²) >= 11 is 3.10. The number of nitrogen functional groups attached to an aromatic ring is 1. The highest BCUT2D eigenvalue weighted by Crippen LogP contribution is 2.28. The molecule has 0 aliphatic rings. The number of rotatable bonds is 2. The topological polar surface area (TPSA) is 75.4 Å². The maximum Gasteiger partial charge on any atom is 0.163 e. The SMILES string of the molecule is Cc1cc(N)c(OS(=O)[O-])cc1Cl. The lowest BCUT2D eigenvalue weighted by Crippen LogP contribution is -2.01. The van der Waals surface area contributed by atoms with Crippen LogP contribution in [0, 0.1) is 6.92 Å². The summed E-state index contributed by atoms with van der Waals surface area (Å²) in [5.74, 6) is 0.0453. The Kier molecular flexibility index (Phi) is 3.13. The van der Waals surface area contributed by atoms with Gasteiger partial charge in [0.2, 0.25) is 0 Å². The van der Waals surface area contributed by atoms with E-state index in [0.717, 1.165) is 5.56 Å². The first kappa shape index (κ1) is 10.3. The number of nitrogens with two attached hydrogens (primary N) is 1. The molecule has 13 heavy (non-hydrogen) atoms. The number of anilines is 1. The van der Waals surface area contributed by atoms with Crippen LogP contribution in [0.15, 0.2) is 12.1 Å². The molecule has 0 fully saturated rings. The molecule has 2 N–H and O–H groups in total. The highest BCUT2D eigenvalue weighted by atomic mass is 35.5. The van der Waals surface area contributed by atoms with Crippen molar-refractivity contribution >= 4 is 28.6 Å². The second kappa shape index (κ2) is 3.95. The van der Waals surface area contributed by atoms with Gasteiger partial charge in [-0.1, -0.05) is 11.6 Å². The smallest absolute Gasteiger partial charge is 0.163 e. The molecule has 1 aromatic carbocycles. The average molecular weight is 221 g/mol. The van der Waals surface area contributed by atoms with Crippen LogP contribution in [0.2, 0.25) is 5.02 Å². The Morgan fingerprint density at radius 2 is 2.23 bits per heavy atom. The third-order valence-electron chi connectivity index (χ3n) is 1.45. The molecule has 0 saturated carbocycles. The lowest BCUT2D eigenvalue weighted by Gasteiger charge is -2.10. The van der Waals surface area contributed by atoms with Gasteiger partial charge in [-0.3, -0.25) is 0 Å². The molecule has 0 radical (unpaired) electrons. The first-order valence-corrected chi connectivity index (χ1v) is 4.71. The van der Waals surface area contributed by atoms with Crippen LogP contribution in [-0.4, -0.2) is 8.76 Å². The lowest BCUT2D eigenvalue weighted by molar-refractivity contribution is 0.441. The molecule has 72 valence electrons. The highest BCUT2D eigenvalue weighted by molar-refractivity contribution is 7.74. The lowest BCUT2D eigenvalue weighted by atomic mass is 10.2. The molecule has 0 bridgehead atoms. The van der Waals surface area contributed by atoms with Crippen molar-refractivity contribution in [1.82, 2.24) is 0 Å². The van der Waals surface area contributed by atoms with E-state index in [0.29, 0.717) is 5.02 Å². The number of hydrogen-bond acceptors (Lipinski definition) is 4. The zero-order valence-electron chi connectivity index (χ0n) is 6.74. The van der Waals surface area contributed by atoms with Crippen molar-refractivity contribution < 1.29 is 12.9 Å². The Morgan fingerprint density at radius 1 is 1.62 bits per heavy atom. The standard InChI is InChI=1S/C7H8ClNO3S/c1-4-2-6(9)7(3-5(4)8)12-13(10)11/h2-3H,9H2,1H3,(H,10,11)/p-1. The minimum Gasteiger partial charge on any atom is -0.740 e. The summed E-state index contributed by atoms with van der Waals surface area (Å²) in [6, 6.07) is 2.91. The minimum atomic E-state index is -2.63. The van der Waals surface area contributed by atoms with Crippen molar-refractivity contribution in [1.29, 1.82) is 0 Å². The fraction of sp³-hybridized carbons (Fsp3) is 0.143. The molecule has 4 nitrogen and oxygen atoms in total. The van der Waals surface area contributed by atoms with Crippen LogP contribution < -0.4 is 9.92 Å². The Hall–Kier alpha value is -0.780. The van der Waals surface area contributed by atoms with Crippen LogP contribution in [0.1, 0.15) is 5.56 Å². The van der Waals surface area contributed by atoms with Gasteiger partial charge in [-0.2, -0.15) is 0 Å². The van der Waals surface area contributed by atoms with Crippen LogP contribution in [0.25, 0.3) is 0 Å². The number of aryl methyl sites for hydroxylation is 1. The zero-order valence-corrected chi connectivity index (χ0v) is 8.32. The number of hydrogen-bond donors (Lipinski definition) is 1. The van der Waals surface area contributed by atoms with Crippen molar-refractivity contribution in [3.05, 3.63) is 22.7 Å². The van der Waals surface area contributed by atoms with E-state index in [1.54, 1.807) is 13.0 Å². The third-order valence-corrected chi connectivity index (χ3v) is 2.17. The van der Waals surface area contributed by atoms with E-state index in [9.17, 15) is 8.76 Å². The summed E-state index contributed by atoms with van der Waals surface area (Å²) in [5.41, 5.74) is 6.49. The van der Waals surface area contributed by atoms with Gasteiger partial charge in [0, 0.05) is 11.1 Å². The van der Waals surface area contributed by atoms with Gasteiger partial charge in [-0.25, -0.2) is 4.21 Å². The minimum absolute atomic E-state index is 0.0453. The van der Waals surface area contributed by atoms with E-state index in [1.807, 2.05) is 0 Å². The summed E-state index contributed by atoms with van der Waals surface area (Å²) in [6.45, 7) is 1.76. The van der Waals surface area contributed by atoms with E-state index in [2.05, 4.69) is 4.18 Å². The quantitative estimate of drug-likeness (QED) is 0.604. The molecule has 0 aliphatic heterocycles. The van der Waals surface area contributed by atoms with Gasteiger partial charge in [0.1, 0.15) is 11.4 Å². The maximum atomic E-state index is 10.2. The summed E-state index contributed by atoms with van der Waals surface area (Å²) in [5, 5.41) is 0.412. The molecule has 0 aliphatic carbocycles. The monoisotopic (exact) mass is 220 g/mol. The second-order valence-corrected chi connectivity index (χ2v) is 3.41. The van der Waals surface area contributed by atoms with Gasteiger partial charge in [0.25, 0.3) is 0 Å². The first-order valence-electron chi connectivity index (χ1n) is 3.34. The Balaban J connectivity index is 3.08. The first-order chi connectivity index (χ1) is 6.00. The molecule has 0 aromatic heterocycles. The summed E-state index contributed by atoms with van der Waals surface area (Å²) < 4.78 is 24.8. The van der Waals surface area contributed by atoms with Gasteiger partial charge in [-0.05, 0) is 18.6 Å². The highest BCUT2D eigenvalue weighted by Gasteiger charge is 2.04. The van der Waals surface area contributed by atoms with Crippen LogP contribution in [0.3, 0.4) is 0 Å². The molecule has 0 spiro atoms. The Morgan fingerprint density at radius 3 is 2.77 bits per heavy atom. The van der Waals surface area contributed by atoms with Crippen molar-refractivity contribution in [2.24, 2.45) is 0 Å². The van der Waals surface area contributed by atoms with Crippen molar-refractivity contribution in [2.45, 2.75) is 6.92 Å². The predicted molar refractivity (Wildman–Crippen MR) is 50.1 cm³/mol. The van der Waals surface area contributed by atoms with Gasteiger partial charge in [0.05, 0.1) is 5.69 Å². The predicted octanol–water partition coefficient (Wildman–Crippen LogP) is 1.40. The van der Waals surface area contributed by atoms with Crippen LogP contribution >= 0.6 is 11.6 Å². The molecule has 1 atom stereocenters. The normalized spacial score (nSPS) is 12.5. The van der Waals surface area contributed by atoms with Crippen molar-refractivity contribution in [3.63, 3.8) is 0 Å². The average Bonchev–Trinajstić information content (AvgIpc) is 1.99. The summed E-state index contributed by atoms with van der Waals surface area (Å²) in [7, 11) is 0. The van der Waals surface area contributed by atoms with Gasteiger partial charge < -0.3 is 14.5 Å². The Bertz CT molecular complexity index is 356. The molecule has 6 heteroatoms. The van der Waals surface area contributed by atoms with Crippen LogP contribution in [0.4, 0.5) is 5.69 Å². The molecule has 1 rings (SSSR count). The van der Waals surface area contributed by atoms with E-state index >= 15 is 0 Å². The molecular weight excluding hydrogens is 214 g/mol. The number of halogens is 1. The second-order valence-electron chi connectivity index (χ2n) is 2.43. The van der Waals surface area contributed by atoms with Gasteiger partial charge in [0.15, 0.2) is 5.75 Å². The Labute approximate surface area is 83.1 Å². The molecule has 0 heterocycles. The van der Waals surface area contributed by atoms with Gasteiger partial charge in [-0.15, -0.1) is 0 Å². The molecular formula is C7H7ClNO3S-.